The molecule has 0 spiro atoms. The van der Waals surface area contributed by atoms with Crippen molar-refractivity contribution in [2.45, 2.75) is 26.4 Å². The highest BCUT2D eigenvalue weighted by Crippen LogP contribution is 2.41. The number of nitrogens with one attached hydrogen (secondary N) is 1. The van der Waals surface area contributed by atoms with Crippen LogP contribution in [0.15, 0.2) is 5.38 Å². The van der Waals surface area contributed by atoms with Gasteiger partial charge in [0.25, 0.3) is 5.91 Å². The fraction of sp³-hybridized carbons (Fsp3) is 0.706. The predicted octanol–water partition coefficient (Wildman–Crippen LogP) is 1.31. The minimum atomic E-state index is -0.125. The molecule has 3 heterocycles. The molecule has 1 aromatic heterocycles. The highest BCUT2D eigenvalue weighted by Gasteiger charge is 2.49. The van der Waals surface area contributed by atoms with Crippen molar-refractivity contribution in [3.05, 3.63) is 16.1 Å². The predicted molar refractivity (Wildman–Crippen MR) is 89.8 cm³/mol. The van der Waals surface area contributed by atoms with Crippen LogP contribution in [0, 0.1) is 30.6 Å². The zero-order valence-corrected chi connectivity index (χ0v) is 14.8. The smallest absolute Gasteiger partial charge is 0.270 e. The highest BCUT2D eigenvalue weighted by atomic mass is 32.1. The van der Waals surface area contributed by atoms with Gasteiger partial charge in [-0.3, -0.25) is 9.59 Å². The molecule has 3 aliphatic rings. The van der Waals surface area contributed by atoms with Gasteiger partial charge in [-0.15, -0.1) is 11.3 Å². The van der Waals surface area contributed by atoms with Crippen LogP contribution in [-0.2, 0) is 9.53 Å². The molecule has 2 aliphatic heterocycles. The monoisotopic (exact) mass is 349 g/mol. The van der Waals surface area contributed by atoms with Crippen LogP contribution in [0.25, 0.3) is 0 Å². The number of ether oxygens (including phenoxy) is 1. The third-order valence-corrected chi connectivity index (χ3v) is 6.33. The van der Waals surface area contributed by atoms with Gasteiger partial charge >= 0.3 is 0 Å². The van der Waals surface area contributed by atoms with Crippen molar-refractivity contribution in [1.29, 1.82) is 0 Å². The summed E-state index contributed by atoms with van der Waals surface area (Å²) in [5.41, 5.74) is 0.485. The first-order valence-electron chi connectivity index (χ1n) is 8.63. The van der Waals surface area contributed by atoms with Crippen LogP contribution < -0.4 is 5.32 Å². The molecule has 0 aromatic carbocycles. The summed E-state index contributed by atoms with van der Waals surface area (Å²) < 4.78 is 5.88. The number of aryl methyl sites for hydroxylation is 1. The second-order valence-corrected chi connectivity index (χ2v) is 8.38. The van der Waals surface area contributed by atoms with Crippen LogP contribution >= 0.6 is 11.3 Å². The van der Waals surface area contributed by atoms with Gasteiger partial charge in [0.1, 0.15) is 5.69 Å². The SMILES string of the molecule is Cc1nc(C(=O)NC[C@H]2CO[C@@H]3CN(C(=O)[C@@H]4C[C@@H]4C)C[C@H]23)cs1. The van der Waals surface area contributed by atoms with Crippen molar-refractivity contribution in [3.8, 4) is 0 Å². The van der Waals surface area contributed by atoms with Gasteiger partial charge in [0.15, 0.2) is 0 Å². The van der Waals surface area contributed by atoms with E-state index in [0.717, 1.165) is 18.0 Å². The number of fused-ring (bicyclic) bond motifs is 1. The average molecular weight is 349 g/mol. The van der Waals surface area contributed by atoms with E-state index in [1.165, 1.54) is 11.3 Å². The Morgan fingerprint density at radius 2 is 2.25 bits per heavy atom. The molecule has 2 saturated heterocycles. The Kier molecular flexibility index (Phi) is 4.08. The van der Waals surface area contributed by atoms with E-state index in [9.17, 15) is 9.59 Å². The topological polar surface area (TPSA) is 71.5 Å². The summed E-state index contributed by atoms with van der Waals surface area (Å²) in [5.74, 6) is 1.54. The van der Waals surface area contributed by atoms with Gasteiger partial charge in [-0.25, -0.2) is 4.98 Å². The molecule has 1 aliphatic carbocycles. The normalized spacial score (nSPS) is 34.2. The largest absolute Gasteiger partial charge is 0.376 e. The first-order valence-corrected chi connectivity index (χ1v) is 9.51. The van der Waals surface area contributed by atoms with Crippen molar-refractivity contribution in [2.75, 3.05) is 26.2 Å². The second kappa shape index (κ2) is 6.11. The van der Waals surface area contributed by atoms with Crippen LogP contribution in [0.4, 0.5) is 0 Å². The molecule has 24 heavy (non-hydrogen) atoms. The van der Waals surface area contributed by atoms with E-state index in [1.54, 1.807) is 5.38 Å². The Morgan fingerprint density at radius 3 is 2.92 bits per heavy atom. The first kappa shape index (κ1) is 16.0. The highest BCUT2D eigenvalue weighted by molar-refractivity contribution is 7.09. The molecule has 6 nitrogen and oxygen atoms in total. The third-order valence-electron chi connectivity index (χ3n) is 5.55. The summed E-state index contributed by atoms with van der Waals surface area (Å²) in [6.45, 7) is 6.74. The van der Waals surface area contributed by atoms with Crippen LogP contribution in [0.2, 0.25) is 0 Å². The van der Waals surface area contributed by atoms with Crippen LogP contribution in [0.1, 0.15) is 28.8 Å². The maximum atomic E-state index is 12.4. The Balaban J connectivity index is 1.31. The quantitative estimate of drug-likeness (QED) is 0.890. The number of rotatable bonds is 4. The third kappa shape index (κ3) is 2.95. The number of amides is 2. The lowest BCUT2D eigenvalue weighted by Gasteiger charge is -2.20. The molecule has 0 radical (unpaired) electrons. The van der Waals surface area contributed by atoms with E-state index in [0.29, 0.717) is 43.1 Å². The summed E-state index contributed by atoms with van der Waals surface area (Å²) in [5, 5.41) is 5.65. The molecule has 0 unspecified atom stereocenters. The van der Waals surface area contributed by atoms with Gasteiger partial charge in [-0.1, -0.05) is 6.92 Å². The molecule has 5 atom stereocenters. The van der Waals surface area contributed by atoms with Crippen molar-refractivity contribution < 1.29 is 14.3 Å². The Morgan fingerprint density at radius 1 is 1.46 bits per heavy atom. The molecule has 0 bridgehead atoms. The van der Waals surface area contributed by atoms with Gasteiger partial charge in [-0.2, -0.15) is 0 Å². The lowest BCUT2D eigenvalue weighted by Crippen LogP contribution is -2.36. The molecule has 3 fully saturated rings. The molecule has 1 saturated carbocycles. The van der Waals surface area contributed by atoms with Crippen LogP contribution in [0.3, 0.4) is 0 Å². The van der Waals surface area contributed by atoms with Gasteiger partial charge < -0.3 is 15.0 Å². The van der Waals surface area contributed by atoms with Crippen molar-refractivity contribution in [3.63, 3.8) is 0 Å². The number of nitrogens with zero attached hydrogens (tertiary/aromatic N) is 2. The average Bonchev–Trinajstić information content (AvgIpc) is 2.95. The Labute approximate surface area is 145 Å². The standard InChI is InChI=1S/C17H23N3O3S/c1-9-3-12(9)17(22)20-5-13-11(7-23-15(13)6-20)4-18-16(21)14-8-24-10(2)19-14/h8-9,11-13,15H,3-7H2,1-2H3,(H,18,21)/t9-,11-,12+,13+,15+/m0/s1. The van der Waals surface area contributed by atoms with Crippen LogP contribution in [0.5, 0.6) is 0 Å². The van der Waals surface area contributed by atoms with Crippen molar-refractivity contribution in [2.24, 2.45) is 23.7 Å². The molecule has 1 aromatic rings. The van der Waals surface area contributed by atoms with E-state index in [-0.39, 0.29) is 23.8 Å². The first-order chi connectivity index (χ1) is 11.5. The van der Waals surface area contributed by atoms with E-state index < -0.39 is 0 Å². The number of likely N-dealkylation sites (tertiary alicyclic amines) is 1. The summed E-state index contributed by atoms with van der Waals surface area (Å²) in [7, 11) is 0. The molecule has 7 heteroatoms. The minimum Gasteiger partial charge on any atom is -0.376 e. The summed E-state index contributed by atoms with van der Waals surface area (Å²) in [6, 6.07) is 0. The molecule has 2 amide bonds. The fourth-order valence-electron chi connectivity index (χ4n) is 3.87. The lowest BCUT2D eigenvalue weighted by atomic mass is 9.93. The Hall–Kier alpha value is -1.47. The summed E-state index contributed by atoms with van der Waals surface area (Å²) in [4.78, 5) is 30.7. The maximum Gasteiger partial charge on any atom is 0.270 e. The maximum absolute atomic E-state index is 12.4. The number of carbonyl (C=O) groups excluding carboxylic acids is 2. The van der Waals surface area contributed by atoms with E-state index >= 15 is 0 Å². The van der Waals surface area contributed by atoms with Gasteiger partial charge in [0.05, 0.1) is 17.7 Å². The zero-order valence-electron chi connectivity index (χ0n) is 14.0. The summed E-state index contributed by atoms with van der Waals surface area (Å²) >= 11 is 1.48. The fourth-order valence-corrected chi connectivity index (χ4v) is 4.46. The molecule has 1 N–H and O–H groups in total. The van der Waals surface area contributed by atoms with Crippen molar-refractivity contribution in [1.82, 2.24) is 15.2 Å². The number of thiazole rings is 1. The Bertz CT molecular complexity index is 661. The van der Waals surface area contributed by atoms with E-state index in [4.69, 9.17) is 4.74 Å². The number of carbonyl (C=O) groups is 2. The number of hydrogen-bond acceptors (Lipinski definition) is 5. The number of hydrogen-bond donors (Lipinski definition) is 1. The van der Waals surface area contributed by atoms with Crippen molar-refractivity contribution >= 4 is 23.2 Å². The molecule has 4 rings (SSSR count). The lowest BCUT2D eigenvalue weighted by molar-refractivity contribution is -0.132. The molecule has 130 valence electrons. The minimum absolute atomic E-state index is 0.125. The van der Waals surface area contributed by atoms with Gasteiger partial charge in [-0.05, 0) is 19.3 Å². The number of aromatic nitrogens is 1. The molecular formula is C17H23N3O3S. The zero-order chi connectivity index (χ0) is 16.8. The second-order valence-electron chi connectivity index (χ2n) is 7.32. The van der Waals surface area contributed by atoms with Gasteiger partial charge in [0.2, 0.25) is 5.91 Å². The van der Waals surface area contributed by atoms with E-state index in [1.807, 2.05) is 11.8 Å². The molecular weight excluding hydrogens is 326 g/mol. The van der Waals surface area contributed by atoms with Crippen LogP contribution in [-0.4, -0.2) is 54.0 Å². The van der Waals surface area contributed by atoms with Gasteiger partial charge in [0, 0.05) is 42.8 Å². The van der Waals surface area contributed by atoms with E-state index in [2.05, 4.69) is 17.2 Å². The summed E-state index contributed by atoms with van der Waals surface area (Å²) in [6.07, 6.45) is 1.16.